The minimum absolute atomic E-state index is 0.809. The second-order valence-electron chi connectivity index (χ2n) is 3.28. The van der Waals surface area contributed by atoms with Crippen molar-refractivity contribution in [3.63, 3.8) is 0 Å². The van der Waals surface area contributed by atoms with Gasteiger partial charge in [-0.15, -0.1) is 11.3 Å². The second kappa shape index (κ2) is 3.80. The Morgan fingerprint density at radius 2 is 2.00 bits per heavy atom. The number of hydrogen-bond donors (Lipinski definition) is 1. The number of nitrogen functional groups attached to an aromatic ring is 1. The van der Waals surface area contributed by atoms with Crippen LogP contribution in [0.2, 0.25) is 0 Å². The molecule has 0 saturated carbocycles. The summed E-state index contributed by atoms with van der Waals surface area (Å²) in [5, 5.41) is 3.22. The number of nitrogens with two attached hydrogens (primary N) is 1. The average molecular weight is 204 g/mol. The number of thiazole rings is 1. The average Bonchev–Trinajstić information content (AvgIpc) is 2.56. The molecule has 0 atom stereocenters. The number of benzene rings is 1. The Labute approximate surface area is 87.4 Å². The third kappa shape index (κ3) is 2.12. The van der Waals surface area contributed by atoms with E-state index in [0.29, 0.717) is 0 Å². The van der Waals surface area contributed by atoms with Crippen molar-refractivity contribution < 1.29 is 0 Å². The maximum Gasteiger partial charge on any atom is 0.0897 e. The van der Waals surface area contributed by atoms with E-state index in [4.69, 9.17) is 5.73 Å². The molecular weight excluding hydrogens is 192 g/mol. The Balaban J connectivity index is 2.15. The standard InChI is InChI=1S/C11H12N2S/c1-8-13-11(7-14-8)6-9-2-4-10(12)5-3-9/h2-5,7H,6,12H2,1H3. The van der Waals surface area contributed by atoms with Crippen molar-refractivity contribution in [2.75, 3.05) is 5.73 Å². The first kappa shape index (κ1) is 9.21. The lowest BCUT2D eigenvalue weighted by Crippen LogP contribution is -1.90. The van der Waals surface area contributed by atoms with Gasteiger partial charge in [-0.05, 0) is 24.6 Å². The van der Waals surface area contributed by atoms with Crippen LogP contribution >= 0.6 is 11.3 Å². The molecule has 1 heterocycles. The van der Waals surface area contributed by atoms with Gasteiger partial charge in [0, 0.05) is 17.5 Å². The predicted octanol–water partition coefficient (Wildman–Crippen LogP) is 2.62. The number of aryl methyl sites for hydroxylation is 1. The van der Waals surface area contributed by atoms with Crippen LogP contribution in [0.4, 0.5) is 5.69 Å². The van der Waals surface area contributed by atoms with Gasteiger partial charge in [-0.1, -0.05) is 12.1 Å². The van der Waals surface area contributed by atoms with Crippen LogP contribution in [0.3, 0.4) is 0 Å². The molecule has 0 unspecified atom stereocenters. The zero-order valence-electron chi connectivity index (χ0n) is 8.03. The lowest BCUT2D eigenvalue weighted by molar-refractivity contribution is 1.08. The van der Waals surface area contributed by atoms with Gasteiger partial charge in [0.05, 0.1) is 10.7 Å². The highest BCUT2D eigenvalue weighted by Gasteiger charge is 1.99. The van der Waals surface area contributed by atoms with E-state index >= 15 is 0 Å². The van der Waals surface area contributed by atoms with Crippen molar-refractivity contribution in [3.8, 4) is 0 Å². The summed E-state index contributed by atoms with van der Waals surface area (Å²) in [4.78, 5) is 4.42. The Morgan fingerprint density at radius 1 is 1.29 bits per heavy atom. The zero-order chi connectivity index (χ0) is 9.97. The third-order valence-electron chi connectivity index (χ3n) is 2.03. The molecule has 0 saturated heterocycles. The summed E-state index contributed by atoms with van der Waals surface area (Å²) in [6, 6.07) is 7.94. The van der Waals surface area contributed by atoms with Crippen molar-refractivity contribution in [2.24, 2.45) is 0 Å². The minimum Gasteiger partial charge on any atom is -0.399 e. The quantitative estimate of drug-likeness (QED) is 0.764. The van der Waals surface area contributed by atoms with Crippen LogP contribution in [0.25, 0.3) is 0 Å². The van der Waals surface area contributed by atoms with Crippen LogP contribution in [0.15, 0.2) is 29.6 Å². The molecule has 1 aromatic carbocycles. The molecular formula is C11H12N2S. The summed E-state index contributed by atoms with van der Waals surface area (Å²) in [6.07, 6.45) is 0.893. The molecule has 0 aliphatic heterocycles. The molecule has 0 aliphatic carbocycles. The molecule has 2 aromatic rings. The number of anilines is 1. The van der Waals surface area contributed by atoms with E-state index in [1.165, 1.54) is 5.56 Å². The molecule has 0 radical (unpaired) electrons. The van der Waals surface area contributed by atoms with Crippen molar-refractivity contribution in [1.82, 2.24) is 4.98 Å². The van der Waals surface area contributed by atoms with Gasteiger partial charge in [-0.3, -0.25) is 0 Å². The van der Waals surface area contributed by atoms with Crippen LogP contribution in [-0.4, -0.2) is 4.98 Å². The summed E-state index contributed by atoms with van der Waals surface area (Å²) in [5.41, 5.74) is 8.81. The monoisotopic (exact) mass is 204 g/mol. The Kier molecular flexibility index (Phi) is 2.50. The third-order valence-corrected chi connectivity index (χ3v) is 2.85. The van der Waals surface area contributed by atoms with Crippen molar-refractivity contribution in [2.45, 2.75) is 13.3 Å². The fourth-order valence-corrected chi connectivity index (χ4v) is 1.95. The van der Waals surface area contributed by atoms with Gasteiger partial charge in [-0.25, -0.2) is 4.98 Å². The van der Waals surface area contributed by atoms with Crippen molar-refractivity contribution in [3.05, 3.63) is 45.9 Å². The highest BCUT2D eigenvalue weighted by Crippen LogP contribution is 2.14. The maximum atomic E-state index is 5.61. The largest absolute Gasteiger partial charge is 0.399 e. The minimum atomic E-state index is 0.809. The molecule has 0 fully saturated rings. The van der Waals surface area contributed by atoms with Crippen LogP contribution < -0.4 is 5.73 Å². The number of hydrogen-bond acceptors (Lipinski definition) is 3. The molecule has 72 valence electrons. The first-order valence-corrected chi connectivity index (χ1v) is 5.37. The predicted molar refractivity (Wildman–Crippen MR) is 60.5 cm³/mol. The Morgan fingerprint density at radius 3 is 2.57 bits per heavy atom. The van der Waals surface area contributed by atoms with Gasteiger partial charge in [0.2, 0.25) is 0 Å². The summed E-state index contributed by atoms with van der Waals surface area (Å²) in [6.45, 7) is 2.02. The van der Waals surface area contributed by atoms with Crippen LogP contribution in [0.5, 0.6) is 0 Å². The van der Waals surface area contributed by atoms with E-state index in [9.17, 15) is 0 Å². The smallest absolute Gasteiger partial charge is 0.0897 e. The van der Waals surface area contributed by atoms with Gasteiger partial charge in [0.25, 0.3) is 0 Å². The molecule has 0 amide bonds. The molecule has 14 heavy (non-hydrogen) atoms. The molecule has 3 heteroatoms. The van der Waals surface area contributed by atoms with Crippen molar-refractivity contribution in [1.29, 1.82) is 0 Å². The van der Waals surface area contributed by atoms with E-state index in [2.05, 4.69) is 10.4 Å². The van der Waals surface area contributed by atoms with E-state index in [0.717, 1.165) is 22.8 Å². The molecule has 0 bridgehead atoms. The molecule has 0 aliphatic rings. The van der Waals surface area contributed by atoms with Gasteiger partial charge in [-0.2, -0.15) is 0 Å². The van der Waals surface area contributed by atoms with Gasteiger partial charge in [0.15, 0.2) is 0 Å². The first-order chi connectivity index (χ1) is 6.74. The van der Waals surface area contributed by atoms with Gasteiger partial charge >= 0.3 is 0 Å². The number of rotatable bonds is 2. The topological polar surface area (TPSA) is 38.9 Å². The van der Waals surface area contributed by atoms with E-state index in [1.54, 1.807) is 11.3 Å². The first-order valence-electron chi connectivity index (χ1n) is 4.49. The van der Waals surface area contributed by atoms with E-state index < -0.39 is 0 Å². The van der Waals surface area contributed by atoms with Crippen LogP contribution in [0.1, 0.15) is 16.3 Å². The molecule has 2 N–H and O–H groups in total. The summed E-state index contributed by atoms with van der Waals surface area (Å²) < 4.78 is 0. The normalized spacial score (nSPS) is 10.4. The van der Waals surface area contributed by atoms with Crippen LogP contribution in [-0.2, 0) is 6.42 Å². The fraction of sp³-hybridized carbons (Fsp3) is 0.182. The summed E-state index contributed by atoms with van der Waals surface area (Å²) >= 11 is 1.69. The molecule has 0 spiro atoms. The van der Waals surface area contributed by atoms with Crippen molar-refractivity contribution >= 4 is 17.0 Å². The molecule has 2 nitrogen and oxygen atoms in total. The Bertz CT molecular complexity index is 417. The Hall–Kier alpha value is -1.35. The lowest BCUT2D eigenvalue weighted by Gasteiger charge is -1.98. The molecule has 1 aromatic heterocycles. The van der Waals surface area contributed by atoms with E-state index in [1.807, 2.05) is 31.2 Å². The highest BCUT2D eigenvalue weighted by molar-refractivity contribution is 7.09. The lowest BCUT2D eigenvalue weighted by atomic mass is 10.1. The summed E-state index contributed by atoms with van der Waals surface area (Å²) in [7, 11) is 0. The SMILES string of the molecule is Cc1nc(Cc2ccc(N)cc2)cs1. The second-order valence-corrected chi connectivity index (χ2v) is 4.34. The summed E-state index contributed by atoms with van der Waals surface area (Å²) in [5.74, 6) is 0. The zero-order valence-corrected chi connectivity index (χ0v) is 8.84. The highest BCUT2D eigenvalue weighted by atomic mass is 32.1. The number of nitrogens with zero attached hydrogens (tertiary/aromatic N) is 1. The molecule has 2 rings (SSSR count). The fourth-order valence-electron chi connectivity index (χ4n) is 1.33. The van der Waals surface area contributed by atoms with Gasteiger partial charge < -0.3 is 5.73 Å². The van der Waals surface area contributed by atoms with Crippen LogP contribution in [0, 0.1) is 6.92 Å². The van der Waals surface area contributed by atoms with Gasteiger partial charge in [0.1, 0.15) is 0 Å². The van der Waals surface area contributed by atoms with E-state index in [-0.39, 0.29) is 0 Å². The maximum absolute atomic E-state index is 5.61. The number of aromatic nitrogens is 1.